The van der Waals surface area contributed by atoms with E-state index in [1.807, 2.05) is 6.07 Å². The first-order chi connectivity index (χ1) is 10.3. The van der Waals surface area contributed by atoms with Gasteiger partial charge in [-0.3, -0.25) is 4.79 Å². The zero-order valence-electron chi connectivity index (χ0n) is 12.7. The topological polar surface area (TPSA) is 41.1 Å². The van der Waals surface area contributed by atoms with E-state index in [-0.39, 0.29) is 11.9 Å². The molecule has 3 rings (SSSR count). The van der Waals surface area contributed by atoms with Gasteiger partial charge in [-0.05, 0) is 43.6 Å². The molecule has 3 nitrogen and oxygen atoms in total. The fraction of sp³-hybridized carbons (Fsp3) is 0.611. The number of carbonyl (C=O) groups excluding carboxylic acids is 1. The Kier molecular flexibility index (Phi) is 4.91. The molecule has 3 atom stereocenters. The molecule has 3 heteroatoms. The van der Waals surface area contributed by atoms with Gasteiger partial charge in [-0.2, -0.15) is 0 Å². The van der Waals surface area contributed by atoms with Gasteiger partial charge >= 0.3 is 0 Å². The van der Waals surface area contributed by atoms with Crippen LogP contribution in [0.5, 0.6) is 0 Å². The second-order valence-corrected chi connectivity index (χ2v) is 6.49. The van der Waals surface area contributed by atoms with Crippen LogP contribution >= 0.6 is 0 Å². The van der Waals surface area contributed by atoms with Crippen LogP contribution in [0.15, 0.2) is 30.3 Å². The van der Waals surface area contributed by atoms with Gasteiger partial charge in [0.25, 0.3) is 0 Å². The highest BCUT2D eigenvalue weighted by atomic mass is 16.2. The normalized spacial score (nSPS) is 28.1. The average Bonchev–Trinajstić information content (AvgIpc) is 2.96. The van der Waals surface area contributed by atoms with Crippen LogP contribution in [-0.4, -0.2) is 24.5 Å². The van der Waals surface area contributed by atoms with Gasteiger partial charge in [-0.25, -0.2) is 0 Å². The molecule has 114 valence electrons. The zero-order chi connectivity index (χ0) is 14.5. The summed E-state index contributed by atoms with van der Waals surface area (Å²) in [7, 11) is 0. The van der Waals surface area contributed by atoms with Crippen molar-refractivity contribution in [2.24, 2.45) is 5.92 Å². The molecule has 1 aromatic rings. The van der Waals surface area contributed by atoms with Gasteiger partial charge in [0.05, 0.1) is 6.04 Å². The van der Waals surface area contributed by atoms with Gasteiger partial charge in [-0.1, -0.05) is 43.2 Å². The number of hydrogen-bond donors (Lipinski definition) is 2. The number of rotatable bonds is 5. The predicted octanol–water partition coefficient (Wildman–Crippen LogP) is 2.66. The number of fused-ring (bicyclic) bond motifs is 1. The lowest BCUT2D eigenvalue weighted by molar-refractivity contribution is -0.122. The number of hydrogen-bond acceptors (Lipinski definition) is 2. The highest BCUT2D eigenvalue weighted by Crippen LogP contribution is 2.33. The molecule has 0 bridgehead atoms. The third-order valence-corrected chi connectivity index (χ3v) is 4.96. The van der Waals surface area contributed by atoms with Gasteiger partial charge in [0.1, 0.15) is 0 Å². The van der Waals surface area contributed by atoms with Gasteiger partial charge in [0.2, 0.25) is 5.91 Å². The summed E-state index contributed by atoms with van der Waals surface area (Å²) >= 11 is 0. The Morgan fingerprint density at radius 3 is 2.81 bits per heavy atom. The Hall–Kier alpha value is -1.35. The van der Waals surface area contributed by atoms with Crippen LogP contribution in [0, 0.1) is 5.92 Å². The van der Waals surface area contributed by atoms with E-state index in [1.165, 1.54) is 31.2 Å². The molecule has 2 fully saturated rings. The molecule has 2 N–H and O–H groups in total. The minimum Gasteiger partial charge on any atom is -0.355 e. The molecule has 0 spiro atoms. The molecule has 1 aromatic carbocycles. The summed E-state index contributed by atoms with van der Waals surface area (Å²) in [5.74, 6) is 0.941. The van der Waals surface area contributed by atoms with Crippen LogP contribution in [0.4, 0.5) is 0 Å². The van der Waals surface area contributed by atoms with Crippen LogP contribution in [0.25, 0.3) is 0 Å². The van der Waals surface area contributed by atoms with Gasteiger partial charge in [0, 0.05) is 12.6 Å². The van der Waals surface area contributed by atoms with Crippen LogP contribution in [0.2, 0.25) is 0 Å². The van der Waals surface area contributed by atoms with Crippen molar-refractivity contribution in [1.29, 1.82) is 0 Å². The van der Waals surface area contributed by atoms with E-state index in [2.05, 4.69) is 34.9 Å². The molecule has 1 heterocycles. The fourth-order valence-corrected chi connectivity index (χ4v) is 3.79. The molecular weight excluding hydrogens is 260 g/mol. The molecule has 1 saturated carbocycles. The maximum atomic E-state index is 12.2. The first-order valence-corrected chi connectivity index (χ1v) is 8.40. The van der Waals surface area contributed by atoms with E-state index in [0.717, 1.165) is 31.7 Å². The maximum Gasteiger partial charge on any atom is 0.237 e. The van der Waals surface area contributed by atoms with Crippen molar-refractivity contribution in [1.82, 2.24) is 10.6 Å². The molecule has 21 heavy (non-hydrogen) atoms. The lowest BCUT2D eigenvalue weighted by Crippen LogP contribution is -2.43. The van der Waals surface area contributed by atoms with Crippen LogP contribution < -0.4 is 10.6 Å². The standard InChI is InChI=1S/C18H26N2O/c21-18(17-13-15-10-4-5-11-16(15)20-17)19-12-6-9-14-7-2-1-3-8-14/h1-3,7-8,15-17,20H,4-6,9-13H2,(H,19,21). The predicted molar refractivity (Wildman–Crippen MR) is 85.1 cm³/mol. The molecule has 1 aliphatic heterocycles. The summed E-state index contributed by atoms with van der Waals surface area (Å²) in [5, 5.41) is 6.64. The Morgan fingerprint density at radius 1 is 1.19 bits per heavy atom. The fourth-order valence-electron chi connectivity index (χ4n) is 3.79. The van der Waals surface area contributed by atoms with Crippen molar-refractivity contribution in [2.75, 3.05) is 6.54 Å². The minimum atomic E-state index is 0.0508. The molecule has 1 aliphatic carbocycles. The largest absolute Gasteiger partial charge is 0.355 e. The summed E-state index contributed by atoms with van der Waals surface area (Å²) in [6.07, 6.45) is 8.29. The van der Waals surface area contributed by atoms with Crippen molar-refractivity contribution >= 4 is 5.91 Å². The Bertz CT molecular complexity index is 446. The molecule has 1 amide bonds. The lowest BCUT2D eigenvalue weighted by Gasteiger charge is -2.24. The minimum absolute atomic E-state index is 0.0508. The van der Waals surface area contributed by atoms with Gasteiger partial charge in [-0.15, -0.1) is 0 Å². The zero-order valence-corrected chi connectivity index (χ0v) is 12.7. The maximum absolute atomic E-state index is 12.2. The van der Waals surface area contributed by atoms with Gasteiger partial charge < -0.3 is 10.6 Å². The average molecular weight is 286 g/mol. The number of carbonyl (C=O) groups is 1. The van der Waals surface area contributed by atoms with Crippen LogP contribution in [0.3, 0.4) is 0 Å². The quantitative estimate of drug-likeness (QED) is 0.817. The van der Waals surface area contributed by atoms with E-state index in [0.29, 0.717) is 6.04 Å². The number of benzene rings is 1. The Morgan fingerprint density at radius 2 is 2.00 bits per heavy atom. The highest BCUT2D eigenvalue weighted by Gasteiger charge is 2.37. The van der Waals surface area contributed by atoms with E-state index >= 15 is 0 Å². The number of nitrogens with one attached hydrogen (secondary N) is 2. The first-order valence-electron chi connectivity index (χ1n) is 8.40. The third-order valence-electron chi connectivity index (χ3n) is 4.96. The van der Waals surface area contributed by atoms with E-state index < -0.39 is 0 Å². The van der Waals surface area contributed by atoms with Crippen molar-refractivity contribution in [3.05, 3.63) is 35.9 Å². The molecule has 3 unspecified atom stereocenters. The number of amides is 1. The third kappa shape index (κ3) is 3.85. The lowest BCUT2D eigenvalue weighted by atomic mass is 9.85. The summed E-state index contributed by atoms with van der Waals surface area (Å²) in [4.78, 5) is 12.2. The summed E-state index contributed by atoms with van der Waals surface area (Å²) < 4.78 is 0. The Labute approximate surface area is 127 Å². The monoisotopic (exact) mass is 286 g/mol. The molecular formula is C18H26N2O. The summed E-state index contributed by atoms with van der Waals surface area (Å²) in [6, 6.07) is 11.1. The molecule has 1 saturated heterocycles. The Balaban J connectivity index is 1.37. The summed E-state index contributed by atoms with van der Waals surface area (Å²) in [6.45, 7) is 0.779. The SMILES string of the molecule is O=C(NCCCc1ccccc1)C1CC2CCCCC2N1. The molecule has 0 radical (unpaired) electrons. The number of aryl methyl sites for hydroxylation is 1. The highest BCUT2D eigenvalue weighted by molar-refractivity contribution is 5.82. The van der Waals surface area contributed by atoms with Crippen LogP contribution in [0.1, 0.15) is 44.1 Å². The molecule has 2 aliphatic rings. The van der Waals surface area contributed by atoms with Crippen molar-refractivity contribution < 1.29 is 4.79 Å². The smallest absolute Gasteiger partial charge is 0.237 e. The molecule has 0 aromatic heterocycles. The van der Waals surface area contributed by atoms with Gasteiger partial charge in [0.15, 0.2) is 0 Å². The first kappa shape index (κ1) is 14.6. The van der Waals surface area contributed by atoms with Crippen LogP contribution in [-0.2, 0) is 11.2 Å². The second kappa shape index (κ2) is 7.08. The van der Waals surface area contributed by atoms with E-state index in [1.54, 1.807) is 0 Å². The van der Waals surface area contributed by atoms with Crippen molar-refractivity contribution in [3.63, 3.8) is 0 Å². The summed E-state index contributed by atoms with van der Waals surface area (Å²) in [5.41, 5.74) is 1.34. The van der Waals surface area contributed by atoms with Crippen molar-refractivity contribution in [3.8, 4) is 0 Å². The van der Waals surface area contributed by atoms with Crippen molar-refractivity contribution in [2.45, 2.75) is 57.0 Å². The second-order valence-electron chi connectivity index (χ2n) is 6.49. The van der Waals surface area contributed by atoms with E-state index in [4.69, 9.17) is 0 Å². The van der Waals surface area contributed by atoms with E-state index in [9.17, 15) is 4.79 Å².